The van der Waals surface area contributed by atoms with E-state index < -0.39 is 10.1 Å². The molecule has 2 aromatic carbocycles. The molecule has 2 rings (SSSR count). The first-order valence-corrected chi connectivity index (χ1v) is 8.14. The van der Waals surface area contributed by atoms with Gasteiger partial charge in [0.2, 0.25) is 0 Å². The molecule has 4 nitrogen and oxygen atoms in total. The van der Waals surface area contributed by atoms with E-state index >= 15 is 0 Å². The molecule has 0 bridgehead atoms. The molecule has 2 N–H and O–H groups in total. The van der Waals surface area contributed by atoms with Crippen molar-refractivity contribution in [1.29, 1.82) is 0 Å². The standard InChI is InChI=1S/C16H19NO3S/c1-13-7-9-16(10-8-13)21(18,19)20-12-15(17)11-14-5-3-2-4-6-14/h2-10,15H,11-12,17H2,1H3/t15-/m1/s1. The molecule has 0 aliphatic carbocycles. The summed E-state index contributed by atoms with van der Waals surface area (Å²) in [6, 6.07) is 15.8. The summed E-state index contributed by atoms with van der Waals surface area (Å²) in [7, 11) is -3.74. The third kappa shape index (κ3) is 4.67. The van der Waals surface area contributed by atoms with Crippen LogP contribution in [0.2, 0.25) is 0 Å². The largest absolute Gasteiger partial charge is 0.325 e. The van der Waals surface area contributed by atoms with Crippen molar-refractivity contribution in [2.24, 2.45) is 5.73 Å². The molecule has 0 aromatic heterocycles. The molecule has 0 saturated heterocycles. The van der Waals surface area contributed by atoms with Crippen molar-refractivity contribution >= 4 is 10.1 Å². The van der Waals surface area contributed by atoms with Gasteiger partial charge in [0.15, 0.2) is 0 Å². The number of benzene rings is 2. The Morgan fingerprint density at radius 1 is 1.05 bits per heavy atom. The van der Waals surface area contributed by atoms with Gasteiger partial charge >= 0.3 is 0 Å². The fourth-order valence-corrected chi connectivity index (χ4v) is 2.89. The lowest BCUT2D eigenvalue weighted by Gasteiger charge is -2.12. The van der Waals surface area contributed by atoms with Crippen molar-refractivity contribution in [3.63, 3.8) is 0 Å². The zero-order valence-corrected chi connectivity index (χ0v) is 12.7. The fourth-order valence-electron chi connectivity index (χ4n) is 1.93. The van der Waals surface area contributed by atoms with Crippen LogP contribution in [0.15, 0.2) is 59.5 Å². The molecule has 0 aliphatic heterocycles. The van der Waals surface area contributed by atoms with Gasteiger partial charge in [-0.05, 0) is 31.0 Å². The lowest BCUT2D eigenvalue weighted by Crippen LogP contribution is -2.30. The van der Waals surface area contributed by atoms with E-state index in [1.165, 1.54) is 12.1 Å². The molecular formula is C16H19NO3S. The smallest absolute Gasteiger partial charge is 0.297 e. The number of aryl methyl sites for hydroxylation is 1. The maximum Gasteiger partial charge on any atom is 0.297 e. The average Bonchev–Trinajstić information content (AvgIpc) is 2.47. The number of hydrogen-bond donors (Lipinski definition) is 1. The number of nitrogens with two attached hydrogens (primary N) is 1. The minimum absolute atomic E-state index is 0.0366. The Balaban J connectivity index is 1.94. The molecule has 0 radical (unpaired) electrons. The SMILES string of the molecule is Cc1ccc(S(=O)(=O)OC[C@H](N)Cc2ccccc2)cc1. The van der Waals surface area contributed by atoms with E-state index in [1.807, 2.05) is 37.3 Å². The summed E-state index contributed by atoms with van der Waals surface area (Å²) < 4.78 is 29.1. The van der Waals surface area contributed by atoms with Gasteiger partial charge in [-0.2, -0.15) is 8.42 Å². The van der Waals surface area contributed by atoms with Crippen LogP contribution >= 0.6 is 0 Å². The summed E-state index contributed by atoms with van der Waals surface area (Å²) in [5, 5.41) is 0. The van der Waals surface area contributed by atoms with E-state index in [9.17, 15) is 8.42 Å². The Labute approximate surface area is 125 Å². The van der Waals surface area contributed by atoms with Gasteiger partial charge in [-0.1, -0.05) is 48.0 Å². The number of hydrogen-bond acceptors (Lipinski definition) is 4. The van der Waals surface area contributed by atoms with Crippen molar-refractivity contribution in [3.05, 3.63) is 65.7 Å². The van der Waals surface area contributed by atoms with Crippen LogP contribution in [0.5, 0.6) is 0 Å². The summed E-state index contributed by atoms with van der Waals surface area (Å²) in [5.41, 5.74) is 7.98. The Kier molecular flexibility index (Phi) is 5.12. The molecular weight excluding hydrogens is 286 g/mol. The van der Waals surface area contributed by atoms with E-state index in [-0.39, 0.29) is 17.5 Å². The van der Waals surface area contributed by atoms with Crippen LogP contribution in [0, 0.1) is 6.92 Å². The van der Waals surface area contributed by atoms with Crippen LogP contribution in [0.3, 0.4) is 0 Å². The van der Waals surface area contributed by atoms with E-state index in [0.29, 0.717) is 6.42 Å². The Hall–Kier alpha value is -1.69. The van der Waals surface area contributed by atoms with Gasteiger partial charge < -0.3 is 5.73 Å². The van der Waals surface area contributed by atoms with Crippen molar-refractivity contribution < 1.29 is 12.6 Å². The van der Waals surface area contributed by atoms with Crippen LogP contribution in [0.25, 0.3) is 0 Å². The van der Waals surface area contributed by atoms with Crippen molar-refractivity contribution in [3.8, 4) is 0 Å². The second kappa shape index (κ2) is 6.85. The molecule has 0 fully saturated rings. The summed E-state index contributed by atoms with van der Waals surface area (Å²) in [6.45, 7) is 1.86. The highest BCUT2D eigenvalue weighted by Gasteiger charge is 2.16. The summed E-state index contributed by atoms with van der Waals surface area (Å²) in [5.74, 6) is 0. The van der Waals surface area contributed by atoms with Gasteiger partial charge in [0.1, 0.15) is 0 Å². The maximum absolute atomic E-state index is 12.0. The second-order valence-corrected chi connectivity index (χ2v) is 6.62. The maximum atomic E-state index is 12.0. The minimum atomic E-state index is -3.74. The average molecular weight is 305 g/mol. The van der Waals surface area contributed by atoms with Crippen molar-refractivity contribution in [2.75, 3.05) is 6.61 Å². The molecule has 0 saturated carbocycles. The molecule has 0 amide bonds. The van der Waals surface area contributed by atoms with Gasteiger partial charge in [0.05, 0.1) is 11.5 Å². The minimum Gasteiger partial charge on any atom is -0.325 e. The molecule has 0 aliphatic rings. The highest BCUT2D eigenvalue weighted by molar-refractivity contribution is 7.86. The molecule has 112 valence electrons. The molecule has 21 heavy (non-hydrogen) atoms. The van der Waals surface area contributed by atoms with Crippen LogP contribution in [-0.4, -0.2) is 21.1 Å². The Bertz CT molecular complexity index is 666. The van der Waals surface area contributed by atoms with E-state index in [1.54, 1.807) is 12.1 Å². The summed E-state index contributed by atoms with van der Waals surface area (Å²) in [4.78, 5) is 0.153. The Morgan fingerprint density at radius 2 is 1.67 bits per heavy atom. The molecule has 0 unspecified atom stereocenters. The zero-order valence-electron chi connectivity index (χ0n) is 11.9. The Morgan fingerprint density at radius 3 is 2.29 bits per heavy atom. The van der Waals surface area contributed by atoms with Crippen LogP contribution in [0.4, 0.5) is 0 Å². The van der Waals surface area contributed by atoms with Gasteiger partial charge in [0.25, 0.3) is 10.1 Å². The fraction of sp³-hybridized carbons (Fsp3) is 0.250. The van der Waals surface area contributed by atoms with Gasteiger partial charge in [-0.15, -0.1) is 0 Å². The first-order chi connectivity index (χ1) is 9.97. The quantitative estimate of drug-likeness (QED) is 0.831. The molecule has 5 heteroatoms. The predicted molar refractivity (Wildman–Crippen MR) is 82.4 cm³/mol. The third-order valence-electron chi connectivity index (χ3n) is 3.09. The normalized spacial score (nSPS) is 13.0. The van der Waals surface area contributed by atoms with E-state index in [2.05, 4.69) is 0 Å². The molecule has 2 aromatic rings. The van der Waals surface area contributed by atoms with Crippen LogP contribution in [0.1, 0.15) is 11.1 Å². The van der Waals surface area contributed by atoms with Crippen molar-refractivity contribution in [2.45, 2.75) is 24.3 Å². The highest BCUT2D eigenvalue weighted by atomic mass is 32.2. The van der Waals surface area contributed by atoms with Crippen LogP contribution < -0.4 is 5.73 Å². The van der Waals surface area contributed by atoms with Crippen molar-refractivity contribution in [1.82, 2.24) is 0 Å². The van der Waals surface area contributed by atoms with Gasteiger partial charge in [-0.3, -0.25) is 4.18 Å². The predicted octanol–water partition coefficient (Wildman–Crippen LogP) is 2.27. The zero-order chi connectivity index (χ0) is 15.3. The molecule has 1 atom stereocenters. The molecule has 0 spiro atoms. The second-order valence-electron chi connectivity index (χ2n) is 5.00. The van der Waals surface area contributed by atoms with E-state index in [0.717, 1.165) is 11.1 Å². The topological polar surface area (TPSA) is 69.4 Å². The van der Waals surface area contributed by atoms with Gasteiger partial charge in [-0.25, -0.2) is 0 Å². The van der Waals surface area contributed by atoms with Gasteiger partial charge in [0, 0.05) is 6.04 Å². The highest BCUT2D eigenvalue weighted by Crippen LogP contribution is 2.13. The van der Waals surface area contributed by atoms with Crippen LogP contribution in [-0.2, 0) is 20.7 Å². The number of rotatable bonds is 6. The first kappa shape index (κ1) is 15.7. The summed E-state index contributed by atoms with van der Waals surface area (Å²) >= 11 is 0. The molecule has 0 heterocycles. The monoisotopic (exact) mass is 305 g/mol. The lowest BCUT2D eigenvalue weighted by molar-refractivity contribution is 0.290. The summed E-state index contributed by atoms with van der Waals surface area (Å²) in [6.07, 6.45) is 0.574. The third-order valence-corrected chi connectivity index (χ3v) is 4.38. The first-order valence-electron chi connectivity index (χ1n) is 6.73. The van der Waals surface area contributed by atoms with E-state index in [4.69, 9.17) is 9.92 Å². The lowest BCUT2D eigenvalue weighted by atomic mass is 10.1.